The number of piperazine rings is 1. The van der Waals surface area contributed by atoms with Gasteiger partial charge in [-0.15, -0.1) is 0 Å². The van der Waals surface area contributed by atoms with Crippen LogP contribution in [0.5, 0.6) is 0 Å². The molecule has 1 fully saturated rings. The fraction of sp³-hybridized carbons (Fsp3) is 0.333. The van der Waals surface area contributed by atoms with Gasteiger partial charge in [0.25, 0.3) is 0 Å². The first-order valence-corrected chi connectivity index (χ1v) is 7.47. The summed E-state index contributed by atoms with van der Waals surface area (Å²) >= 11 is 0. The molecule has 0 spiro atoms. The summed E-state index contributed by atoms with van der Waals surface area (Å²) in [6, 6.07) is 5.87. The van der Waals surface area contributed by atoms with E-state index in [9.17, 15) is 19.3 Å². The first-order chi connectivity index (χ1) is 11.5. The lowest BCUT2D eigenvalue weighted by Crippen LogP contribution is -2.49. The molecule has 1 saturated heterocycles. The van der Waals surface area contributed by atoms with E-state index in [1.54, 1.807) is 17.0 Å². The number of hydrogen-bond donors (Lipinski definition) is 1. The van der Waals surface area contributed by atoms with Gasteiger partial charge in [0.2, 0.25) is 5.91 Å². The Kier molecular flexibility index (Phi) is 4.52. The molecule has 126 valence electrons. The minimum Gasteiger partial charge on any atom is -0.331 e. The maximum Gasteiger partial charge on any atom is 0.307 e. The van der Waals surface area contributed by atoms with Gasteiger partial charge in [0.05, 0.1) is 11.0 Å². The summed E-state index contributed by atoms with van der Waals surface area (Å²) < 4.78 is 14.7. The van der Waals surface area contributed by atoms with Crippen LogP contribution in [0.25, 0.3) is 0 Å². The van der Waals surface area contributed by atoms with Crippen molar-refractivity contribution in [2.75, 3.05) is 19.6 Å². The number of halogens is 1. The summed E-state index contributed by atoms with van der Waals surface area (Å²) in [4.78, 5) is 24.4. The number of carbonyl (C=O) groups is 1. The van der Waals surface area contributed by atoms with Gasteiger partial charge in [-0.25, -0.2) is 4.39 Å². The van der Waals surface area contributed by atoms with E-state index in [4.69, 9.17) is 0 Å². The molecular weight excluding hydrogens is 317 g/mol. The molecule has 24 heavy (non-hydrogen) atoms. The third-order valence-corrected chi connectivity index (χ3v) is 3.92. The van der Waals surface area contributed by atoms with E-state index in [0.717, 1.165) is 6.20 Å². The molecular formula is C15H16FN5O3. The Bertz CT molecular complexity index is 763. The summed E-state index contributed by atoms with van der Waals surface area (Å²) in [7, 11) is 0. The predicted octanol–water partition coefficient (Wildman–Crippen LogP) is 1.10. The van der Waals surface area contributed by atoms with Crippen LogP contribution in [-0.4, -0.2) is 45.1 Å². The van der Waals surface area contributed by atoms with Crippen LogP contribution in [0.4, 0.5) is 10.1 Å². The normalized spacial score (nSPS) is 17.7. The fourth-order valence-corrected chi connectivity index (χ4v) is 2.78. The second-order valence-electron chi connectivity index (χ2n) is 5.52. The van der Waals surface area contributed by atoms with Crippen LogP contribution in [0, 0.1) is 15.9 Å². The second-order valence-corrected chi connectivity index (χ2v) is 5.52. The van der Waals surface area contributed by atoms with Gasteiger partial charge in [0.1, 0.15) is 24.8 Å². The Hall–Kier alpha value is -2.81. The van der Waals surface area contributed by atoms with Gasteiger partial charge in [0, 0.05) is 19.6 Å². The van der Waals surface area contributed by atoms with Crippen molar-refractivity contribution >= 4 is 11.6 Å². The largest absolute Gasteiger partial charge is 0.331 e. The summed E-state index contributed by atoms with van der Waals surface area (Å²) in [5.74, 6) is -0.572. The van der Waals surface area contributed by atoms with E-state index >= 15 is 0 Å². The molecule has 9 heteroatoms. The smallest absolute Gasteiger partial charge is 0.307 e. The van der Waals surface area contributed by atoms with Gasteiger partial charge in [-0.3, -0.25) is 19.6 Å². The summed E-state index contributed by atoms with van der Waals surface area (Å²) in [5.41, 5.74) is 0.548. The van der Waals surface area contributed by atoms with E-state index in [1.807, 2.05) is 0 Å². The Morgan fingerprint density at radius 3 is 3.04 bits per heavy atom. The Balaban J connectivity index is 1.76. The van der Waals surface area contributed by atoms with Crippen molar-refractivity contribution in [3.63, 3.8) is 0 Å². The maximum absolute atomic E-state index is 13.5. The van der Waals surface area contributed by atoms with Crippen molar-refractivity contribution in [3.8, 4) is 0 Å². The molecule has 0 bridgehead atoms. The monoisotopic (exact) mass is 333 g/mol. The Morgan fingerprint density at radius 1 is 1.50 bits per heavy atom. The lowest BCUT2D eigenvalue weighted by molar-refractivity contribution is -0.385. The molecule has 1 unspecified atom stereocenters. The van der Waals surface area contributed by atoms with Crippen molar-refractivity contribution in [2.45, 2.75) is 12.6 Å². The minimum absolute atomic E-state index is 0.0976. The number of benzene rings is 1. The molecule has 1 amide bonds. The lowest BCUT2D eigenvalue weighted by Gasteiger charge is -2.36. The molecule has 1 aliphatic heterocycles. The van der Waals surface area contributed by atoms with Gasteiger partial charge in [0.15, 0.2) is 0 Å². The number of hydrogen-bond acceptors (Lipinski definition) is 5. The van der Waals surface area contributed by atoms with Crippen molar-refractivity contribution in [2.24, 2.45) is 0 Å². The highest BCUT2D eigenvalue weighted by atomic mass is 19.1. The van der Waals surface area contributed by atoms with E-state index in [-0.39, 0.29) is 30.0 Å². The number of carbonyl (C=O) groups excluding carboxylic acids is 1. The molecule has 1 aromatic heterocycles. The zero-order valence-corrected chi connectivity index (χ0v) is 12.8. The molecule has 3 rings (SSSR count). The van der Waals surface area contributed by atoms with Crippen molar-refractivity contribution < 1.29 is 14.1 Å². The van der Waals surface area contributed by atoms with Crippen LogP contribution in [0.2, 0.25) is 0 Å². The van der Waals surface area contributed by atoms with Crippen LogP contribution in [0.15, 0.2) is 36.7 Å². The average Bonchev–Trinajstić information content (AvgIpc) is 3.03. The zero-order chi connectivity index (χ0) is 17.1. The van der Waals surface area contributed by atoms with Crippen LogP contribution < -0.4 is 5.32 Å². The van der Waals surface area contributed by atoms with Gasteiger partial charge in [-0.2, -0.15) is 5.10 Å². The summed E-state index contributed by atoms with van der Waals surface area (Å²) in [5, 5.41) is 17.7. The minimum atomic E-state index is -0.561. The van der Waals surface area contributed by atoms with Crippen molar-refractivity contribution in [3.05, 3.63) is 58.2 Å². The van der Waals surface area contributed by atoms with Gasteiger partial charge in [-0.05, 0) is 17.7 Å². The third kappa shape index (κ3) is 3.40. The first-order valence-electron chi connectivity index (χ1n) is 7.47. The van der Waals surface area contributed by atoms with Gasteiger partial charge < -0.3 is 10.2 Å². The number of nitrogens with zero attached hydrogens (tertiary/aromatic N) is 4. The highest BCUT2D eigenvalue weighted by Gasteiger charge is 2.28. The molecule has 0 aliphatic carbocycles. The second kappa shape index (κ2) is 6.75. The van der Waals surface area contributed by atoms with Crippen LogP contribution >= 0.6 is 0 Å². The predicted molar refractivity (Wildman–Crippen MR) is 82.6 cm³/mol. The number of nitro groups is 1. The average molecular weight is 333 g/mol. The van der Waals surface area contributed by atoms with Crippen LogP contribution in [0.3, 0.4) is 0 Å². The number of nitrogens with one attached hydrogen (secondary N) is 1. The lowest BCUT2D eigenvalue weighted by atomic mass is 10.0. The topological polar surface area (TPSA) is 93.3 Å². The molecule has 2 aromatic rings. The third-order valence-electron chi connectivity index (χ3n) is 3.92. The summed E-state index contributed by atoms with van der Waals surface area (Å²) in [6.45, 7) is 1.54. The van der Waals surface area contributed by atoms with Gasteiger partial charge in [-0.1, -0.05) is 12.1 Å². The van der Waals surface area contributed by atoms with Crippen LogP contribution in [-0.2, 0) is 11.3 Å². The zero-order valence-electron chi connectivity index (χ0n) is 12.8. The van der Waals surface area contributed by atoms with E-state index in [1.165, 1.54) is 23.0 Å². The molecule has 1 aliphatic rings. The van der Waals surface area contributed by atoms with Crippen molar-refractivity contribution in [1.82, 2.24) is 20.0 Å². The molecule has 0 radical (unpaired) electrons. The highest BCUT2D eigenvalue weighted by molar-refractivity contribution is 5.76. The van der Waals surface area contributed by atoms with Gasteiger partial charge >= 0.3 is 5.69 Å². The number of amides is 1. The molecule has 1 aromatic carbocycles. The van der Waals surface area contributed by atoms with E-state index in [2.05, 4.69) is 10.4 Å². The fourth-order valence-electron chi connectivity index (χ4n) is 2.78. The molecule has 1 N–H and O–H groups in total. The molecule has 2 heterocycles. The molecule has 8 nitrogen and oxygen atoms in total. The molecule has 1 atom stereocenters. The first kappa shape index (κ1) is 16.1. The van der Waals surface area contributed by atoms with Crippen molar-refractivity contribution in [1.29, 1.82) is 0 Å². The maximum atomic E-state index is 13.5. The Labute approximate surface area is 137 Å². The SMILES string of the molecule is O=C(Cn1cc([N+](=O)[O-])cn1)N1CCNCC1c1cccc(F)c1. The Morgan fingerprint density at radius 2 is 2.33 bits per heavy atom. The van der Waals surface area contributed by atoms with E-state index in [0.29, 0.717) is 25.2 Å². The number of rotatable bonds is 4. The quantitative estimate of drug-likeness (QED) is 0.668. The molecule has 0 saturated carbocycles. The van der Waals surface area contributed by atoms with Crippen LogP contribution in [0.1, 0.15) is 11.6 Å². The summed E-state index contributed by atoms with van der Waals surface area (Å²) in [6.07, 6.45) is 2.33. The highest BCUT2D eigenvalue weighted by Crippen LogP contribution is 2.23. The van der Waals surface area contributed by atoms with E-state index < -0.39 is 4.92 Å². The number of aromatic nitrogens is 2. The standard InChI is InChI=1S/C15H16FN5O3/c16-12-3-1-2-11(6-12)14-8-17-4-5-20(14)15(22)10-19-9-13(7-18-19)21(23)24/h1-3,6-7,9,14,17H,4-5,8,10H2.